The highest BCUT2D eigenvalue weighted by Crippen LogP contribution is 2.04. The molecule has 0 aromatic rings. The molecule has 0 heterocycles. The minimum absolute atomic E-state index is 0.0565. The van der Waals surface area contributed by atoms with E-state index in [1.165, 1.54) is 30.7 Å². The first kappa shape index (κ1) is 14.4. The molecule has 2 N–H and O–H groups in total. The summed E-state index contributed by atoms with van der Waals surface area (Å²) in [5.41, 5.74) is 0. The van der Waals surface area contributed by atoms with Gasteiger partial charge in [-0.15, -0.1) is 0 Å². The Kier molecular flexibility index (Phi) is 9.52. The number of carbonyl (C=O) groups is 1. The van der Waals surface area contributed by atoms with Crippen LogP contribution in [0.3, 0.4) is 0 Å². The minimum Gasteiger partial charge on any atom is -0.356 e. The minimum atomic E-state index is 0.0565. The van der Waals surface area contributed by atoms with Crippen molar-refractivity contribution in [1.82, 2.24) is 10.4 Å². The molecule has 0 fully saturated rings. The molecule has 15 heavy (non-hydrogen) atoms. The Bertz CT molecular complexity index is 161. The number of nitrogens with one attached hydrogen (secondary N) is 1. The van der Waals surface area contributed by atoms with Gasteiger partial charge < -0.3 is 10.5 Å². The highest BCUT2D eigenvalue weighted by atomic mass is 16.5. The average molecular weight is 216 g/mol. The number of nitrogens with zero attached hydrogens (tertiary/aromatic N) is 1. The van der Waals surface area contributed by atoms with E-state index in [1.54, 1.807) is 14.0 Å². The molecule has 0 saturated carbocycles. The normalized spacial score (nSPS) is 10.7. The number of unbranched alkanes of at least 4 members (excludes halogenated alkanes) is 5. The van der Waals surface area contributed by atoms with Crippen LogP contribution >= 0.6 is 0 Å². The number of hydrogen-bond donors (Lipinski definition) is 2. The zero-order valence-corrected chi connectivity index (χ0v) is 9.96. The zero-order chi connectivity index (χ0) is 11.5. The predicted molar refractivity (Wildman–Crippen MR) is 60.8 cm³/mol. The van der Waals surface area contributed by atoms with Crippen LogP contribution in [0, 0.1) is 0 Å². The van der Waals surface area contributed by atoms with E-state index in [1.807, 2.05) is 0 Å². The topological polar surface area (TPSA) is 52.6 Å². The smallest absolute Gasteiger partial charge is 0.216 e. The van der Waals surface area contributed by atoms with Crippen LogP contribution < -0.4 is 5.32 Å². The largest absolute Gasteiger partial charge is 0.356 e. The van der Waals surface area contributed by atoms with E-state index in [4.69, 9.17) is 5.21 Å². The second-order valence-corrected chi connectivity index (χ2v) is 3.99. The summed E-state index contributed by atoms with van der Waals surface area (Å²) in [5, 5.41) is 12.9. The Morgan fingerprint density at radius 2 is 1.67 bits per heavy atom. The molecule has 1 amide bonds. The number of rotatable bonds is 9. The summed E-state index contributed by atoms with van der Waals surface area (Å²) in [7, 11) is 1.67. The quantitative estimate of drug-likeness (QED) is 0.456. The lowest BCUT2D eigenvalue weighted by Crippen LogP contribution is -2.20. The van der Waals surface area contributed by atoms with Crippen LogP contribution in [0.5, 0.6) is 0 Å². The van der Waals surface area contributed by atoms with Crippen molar-refractivity contribution >= 4 is 5.91 Å². The van der Waals surface area contributed by atoms with Crippen molar-refractivity contribution in [3.05, 3.63) is 0 Å². The summed E-state index contributed by atoms with van der Waals surface area (Å²) in [6.07, 6.45) is 6.90. The number of hydroxylamine groups is 2. The van der Waals surface area contributed by atoms with Gasteiger partial charge in [-0.3, -0.25) is 4.79 Å². The Morgan fingerprint density at radius 1 is 1.13 bits per heavy atom. The molecule has 90 valence electrons. The van der Waals surface area contributed by atoms with Crippen molar-refractivity contribution < 1.29 is 10.0 Å². The summed E-state index contributed by atoms with van der Waals surface area (Å²) >= 11 is 0. The Morgan fingerprint density at radius 3 is 2.20 bits per heavy atom. The van der Waals surface area contributed by atoms with Crippen molar-refractivity contribution in [2.75, 3.05) is 20.1 Å². The molecule has 4 heteroatoms. The molecule has 0 radical (unpaired) electrons. The summed E-state index contributed by atoms with van der Waals surface area (Å²) in [6.45, 7) is 3.10. The second-order valence-electron chi connectivity index (χ2n) is 3.99. The lowest BCUT2D eigenvalue weighted by molar-refractivity contribution is -0.118. The molecule has 0 bridgehead atoms. The molecule has 0 spiro atoms. The van der Waals surface area contributed by atoms with Crippen LogP contribution in [0.1, 0.15) is 45.4 Å². The van der Waals surface area contributed by atoms with Crippen molar-refractivity contribution in [3.63, 3.8) is 0 Å². The van der Waals surface area contributed by atoms with Crippen LogP contribution in [0.15, 0.2) is 0 Å². The number of hydrogen-bond acceptors (Lipinski definition) is 3. The summed E-state index contributed by atoms with van der Waals surface area (Å²) in [4.78, 5) is 10.5. The van der Waals surface area contributed by atoms with Gasteiger partial charge in [-0.2, -0.15) is 5.06 Å². The van der Waals surface area contributed by atoms with Gasteiger partial charge in [0.1, 0.15) is 0 Å². The maximum Gasteiger partial charge on any atom is 0.216 e. The van der Waals surface area contributed by atoms with E-state index < -0.39 is 0 Å². The summed E-state index contributed by atoms with van der Waals surface area (Å²) < 4.78 is 0. The number of amides is 1. The van der Waals surface area contributed by atoms with Gasteiger partial charge in [0.05, 0.1) is 0 Å². The van der Waals surface area contributed by atoms with Gasteiger partial charge >= 0.3 is 0 Å². The molecule has 0 atom stereocenters. The fourth-order valence-electron chi connectivity index (χ4n) is 1.44. The van der Waals surface area contributed by atoms with Gasteiger partial charge in [0, 0.05) is 27.1 Å². The fraction of sp³-hybridized carbons (Fsp3) is 0.909. The second kappa shape index (κ2) is 9.93. The summed E-state index contributed by atoms with van der Waals surface area (Å²) in [5.74, 6) is 0.0565. The molecule has 0 aliphatic rings. The molecule has 0 saturated heterocycles. The lowest BCUT2D eigenvalue weighted by Gasteiger charge is -2.07. The molecule has 0 rings (SSSR count). The van der Waals surface area contributed by atoms with E-state index in [-0.39, 0.29) is 5.91 Å². The van der Waals surface area contributed by atoms with Crippen LogP contribution in [0.25, 0.3) is 0 Å². The van der Waals surface area contributed by atoms with Gasteiger partial charge in [-0.05, 0) is 12.8 Å². The fourth-order valence-corrected chi connectivity index (χ4v) is 1.44. The third-order valence-corrected chi connectivity index (χ3v) is 2.28. The molecular weight excluding hydrogens is 192 g/mol. The number of carbonyl (C=O) groups excluding carboxylic acids is 1. The van der Waals surface area contributed by atoms with Crippen molar-refractivity contribution in [1.29, 1.82) is 0 Å². The molecule has 0 aliphatic carbocycles. The Balaban J connectivity index is 2.96. The lowest BCUT2D eigenvalue weighted by atomic mass is 10.1. The monoisotopic (exact) mass is 216 g/mol. The van der Waals surface area contributed by atoms with Crippen molar-refractivity contribution in [2.45, 2.75) is 45.4 Å². The van der Waals surface area contributed by atoms with Gasteiger partial charge in [-0.1, -0.05) is 25.7 Å². The zero-order valence-electron chi connectivity index (χ0n) is 9.96. The molecule has 0 aromatic carbocycles. The summed E-state index contributed by atoms with van der Waals surface area (Å²) in [6, 6.07) is 0. The first-order valence-corrected chi connectivity index (χ1v) is 5.77. The predicted octanol–water partition coefficient (Wildman–Crippen LogP) is 1.78. The third-order valence-electron chi connectivity index (χ3n) is 2.28. The van der Waals surface area contributed by atoms with Crippen molar-refractivity contribution in [2.24, 2.45) is 0 Å². The molecule has 0 aromatic heterocycles. The molecular formula is C11H24N2O2. The maximum atomic E-state index is 10.5. The van der Waals surface area contributed by atoms with E-state index in [9.17, 15) is 4.79 Å². The van der Waals surface area contributed by atoms with Gasteiger partial charge in [0.15, 0.2) is 0 Å². The highest BCUT2D eigenvalue weighted by molar-refractivity contribution is 5.72. The average Bonchev–Trinajstić information content (AvgIpc) is 2.14. The first-order valence-electron chi connectivity index (χ1n) is 5.77. The van der Waals surface area contributed by atoms with Crippen LogP contribution in [0.4, 0.5) is 0 Å². The highest BCUT2D eigenvalue weighted by Gasteiger charge is 1.94. The SMILES string of the molecule is CC(=O)NCCCCCCCCN(C)O. The van der Waals surface area contributed by atoms with Gasteiger partial charge in [0.2, 0.25) is 5.91 Å². The molecule has 0 aliphatic heterocycles. The van der Waals surface area contributed by atoms with Crippen LogP contribution in [0.2, 0.25) is 0 Å². The molecule has 0 unspecified atom stereocenters. The van der Waals surface area contributed by atoms with E-state index >= 15 is 0 Å². The maximum absolute atomic E-state index is 10.5. The van der Waals surface area contributed by atoms with Gasteiger partial charge in [0.25, 0.3) is 0 Å². The van der Waals surface area contributed by atoms with E-state index in [0.29, 0.717) is 0 Å². The van der Waals surface area contributed by atoms with Crippen molar-refractivity contribution in [3.8, 4) is 0 Å². The first-order chi connectivity index (χ1) is 7.13. The van der Waals surface area contributed by atoms with Crippen LogP contribution in [-0.4, -0.2) is 36.3 Å². The standard InChI is InChI=1S/C11H24N2O2/c1-11(14)12-9-7-5-3-4-6-8-10-13(2)15/h15H,3-10H2,1-2H3,(H,12,14). The Hall–Kier alpha value is -0.610. The van der Waals surface area contributed by atoms with E-state index in [0.717, 1.165) is 25.9 Å². The van der Waals surface area contributed by atoms with Gasteiger partial charge in [-0.25, -0.2) is 0 Å². The van der Waals surface area contributed by atoms with Crippen LogP contribution in [-0.2, 0) is 4.79 Å². The van der Waals surface area contributed by atoms with E-state index in [2.05, 4.69) is 5.32 Å². The molecule has 4 nitrogen and oxygen atoms in total. The Labute approximate surface area is 92.6 Å². The third kappa shape index (κ3) is 13.4.